The van der Waals surface area contributed by atoms with Gasteiger partial charge in [-0.05, 0) is 93.1 Å². The quantitative estimate of drug-likeness (QED) is 0.209. The number of aliphatic hydroxyl groups is 1. The van der Waals surface area contributed by atoms with Crippen molar-refractivity contribution >= 4 is 52.5 Å². The van der Waals surface area contributed by atoms with Crippen molar-refractivity contribution in [3.63, 3.8) is 0 Å². The van der Waals surface area contributed by atoms with Gasteiger partial charge in [-0.1, -0.05) is 59.1 Å². The Morgan fingerprint density at radius 1 is 0.902 bits per heavy atom. The van der Waals surface area contributed by atoms with E-state index in [1.54, 1.807) is 43.5 Å². The zero-order valence-corrected chi connectivity index (χ0v) is 30.2. The topological polar surface area (TPSA) is 125 Å². The van der Waals surface area contributed by atoms with E-state index in [9.17, 15) is 19.5 Å². The first-order valence-corrected chi connectivity index (χ1v) is 17.7. The van der Waals surface area contributed by atoms with Crippen molar-refractivity contribution in [1.29, 1.82) is 0 Å². The van der Waals surface area contributed by atoms with Gasteiger partial charge in [-0.15, -0.1) is 0 Å². The fourth-order valence-corrected chi connectivity index (χ4v) is 9.25. The van der Waals surface area contributed by atoms with Gasteiger partial charge >= 0.3 is 0 Å². The van der Waals surface area contributed by atoms with Gasteiger partial charge in [-0.3, -0.25) is 29.5 Å². The van der Waals surface area contributed by atoms with Gasteiger partial charge in [-0.2, -0.15) is 5.01 Å². The highest BCUT2D eigenvalue weighted by Crippen LogP contribution is 2.64. The molecule has 2 aliphatic carbocycles. The summed E-state index contributed by atoms with van der Waals surface area (Å²) in [6, 6.07) is 19.2. The van der Waals surface area contributed by atoms with Gasteiger partial charge in [-0.25, -0.2) is 0 Å². The number of likely N-dealkylation sites (tertiary alicyclic amines) is 1. The number of nitrogens with one attached hydrogen (secondary N) is 1. The van der Waals surface area contributed by atoms with Gasteiger partial charge < -0.3 is 14.6 Å². The number of carbonyl (C=O) groups is 4. The van der Waals surface area contributed by atoms with Gasteiger partial charge in [0.2, 0.25) is 11.8 Å². The van der Waals surface area contributed by atoms with Crippen LogP contribution in [0.3, 0.4) is 0 Å². The number of aliphatic hydroxyl groups excluding tert-OH is 1. The van der Waals surface area contributed by atoms with Crippen molar-refractivity contribution in [1.82, 2.24) is 9.91 Å². The minimum absolute atomic E-state index is 0.109. The molecule has 0 unspecified atom stereocenters. The molecule has 0 spiro atoms. The molecule has 0 radical (unpaired) electrons. The van der Waals surface area contributed by atoms with E-state index in [4.69, 9.17) is 32.7 Å². The van der Waals surface area contributed by atoms with Gasteiger partial charge in [0.05, 0.1) is 47.6 Å². The third-order valence-corrected chi connectivity index (χ3v) is 11.4. The number of hydrazine groups is 1. The average Bonchev–Trinajstić information content (AvgIpc) is 3.49. The standard InChI is InChI=1S/C39H39Cl2N3O7/c1-38(2,3)43-34(46)27-15-14-26-28(32(27)36(43)48)20-29-35(47)44(42-31-16-9-23(40)19-30(31)41)37(49)39(29,22-7-12-24(50-4)13-8-22)33(26)21-5-10-25(11-6-21)51-18-17-45/h5-14,16,19,27-29,32-33,42,45H,15,17-18,20H2,1-4H3/t27-,28+,29-,32-,33-,39+/m0/s1. The summed E-state index contributed by atoms with van der Waals surface area (Å²) in [5.74, 6) is -3.69. The molecule has 266 valence electrons. The van der Waals surface area contributed by atoms with E-state index < -0.39 is 52.4 Å². The van der Waals surface area contributed by atoms with Crippen molar-refractivity contribution in [2.75, 3.05) is 25.7 Å². The molecule has 2 aliphatic heterocycles. The second-order valence-corrected chi connectivity index (χ2v) is 15.4. The van der Waals surface area contributed by atoms with E-state index in [1.165, 1.54) is 11.0 Å². The van der Waals surface area contributed by atoms with Gasteiger partial charge in [0, 0.05) is 16.5 Å². The maximum Gasteiger partial charge on any atom is 0.260 e. The van der Waals surface area contributed by atoms with Crippen molar-refractivity contribution in [3.05, 3.63) is 99.6 Å². The number of hydrogen-bond acceptors (Lipinski definition) is 8. The molecule has 4 amide bonds. The molecule has 3 aromatic carbocycles. The van der Waals surface area contributed by atoms with Crippen molar-refractivity contribution in [2.45, 2.75) is 50.5 Å². The van der Waals surface area contributed by atoms with Crippen molar-refractivity contribution in [2.24, 2.45) is 23.7 Å². The van der Waals surface area contributed by atoms with Gasteiger partial charge in [0.1, 0.15) is 18.1 Å². The zero-order chi connectivity index (χ0) is 36.4. The Balaban J connectivity index is 1.44. The Hall–Kier alpha value is -4.38. The second kappa shape index (κ2) is 13.0. The van der Waals surface area contributed by atoms with Gasteiger partial charge in [0.25, 0.3) is 11.8 Å². The lowest BCUT2D eigenvalue weighted by Gasteiger charge is -2.50. The summed E-state index contributed by atoms with van der Waals surface area (Å²) in [6.07, 6.45) is 2.52. The van der Waals surface area contributed by atoms with Crippen LogP contribution in [0.15, 0.2) is 78.4 Å². The maximum atomic E-state index is 15.3. The fourth-order valence-electron chi connectivity index (χ4n) is 8.80. The van der Waals surface area contributed by atoms with E-state index in [0.717, 1.165) is 16.1 Å². The van der Waals surface area contributed by atoms with Crippen LogP contribution in [0.25, 0.3) is 0 Å². The van der Waals surface area contributed by atoms with Crippen LogP contribution in [0.2, 0.25) is 10.0 Å². The Kier molecular flexibility index (Phi) is 8.92. The normalized spacial score (nSPS) is 27.2. The van der Waals surface area contributed by atoms with Crippen LogP contribution in [0.4, 0.5) is 5.69 Å². The molecule has 10 nitrogen and oxygen atoms in total. The molecule has 1 saturated carbocycles. The molecule has 7 rings (SSSR count). The van der Waals surface area contributed by atoms with Crippen LogP contribution < -0.4 is 14.9 Å². The lowest BCUT2D eigenvalue weighted by atomic mass is 9.49. The first-order chi connectivity index (χ1) is 24.3. The number of ether oxygens (including phenoxy) is 2. The number of allylic oxidation sites excluding steroid dienone is 2. The minimum Gasteiger partial charge on any atom is -0.497 e. The molecule has 3 aromatic rings. The van der Waals surface area contributed by atoms with Crippen LogP contribution >= 0.6 is 23.2 Å². The molecule has 2 saturated heterocycles. The third-order valence-electron chi connectivity index (χ3n) is 10.8. The van der Waals surface area contributed by atoms with E-state index in [2.05, 4.69) is 5.43 Å². The van der Waals surface area contributed by atoms with E-state index in [0.29, 0.717) is 34.2 Å². The van der Waals surface area contributed by atoms with Gasteiger partial charge in [0.15, 0.2) is 0 Å². The number of benzene rings is 3. The summed E-state index contributed by atoms with van der Waals surface area (Å²) in [7, 11) is 1.56. The molecular formula is C39H39Cl2N3O7. The summed E-state index contributed by atoms with van der Waals surface area (Å²) in [6.45, 7) is 5.49. The molecule has 12 heteroatoms. The number of methoxy groups -OCH3 is 1. The van der Waals surface area contributed by atoms with Crippen LogP contribution in [0.5, 0.6) is 11.5 Å². The molecule has 2 N–H and O–H groups in total. The highest BCUT2D eigenvalue weighted by molar-refractivity contribution is 6.36. The molecule has 4 aliphatic rings. The van der Waals surface area contributed by atoms with Crippen molar-refractivity contribution < 1.29 is 33.8 Å². The van der Waals surface area contributed by atoms with E-state index in [1.807, 2.05) is 51.1 Å². The van der Waals surface area contributed by atoms with Crippen molar-refractivity contribution in [3.8, 4) is 11.5 Å². The molecule has 2 heterocycles. The monoisotopic (exact) mass is 731 g/mol. The summed E-state index contributed by atoms with van der Waals surface area (Å²) < 4.78 is 11.1. The second-order valence-electron chi connectivity index (χ2n) is 14.5. The smallest absolute Gasteiger partial charge is 0.260 e. The largest absolute Gasteiger partial charge is 0.497 e. The summed E-state index contributed by atoms with van der Waals surface area (Å²) in [5.41, 5.74) is 3.33. The Morgan fingerprint density at radius 2 is 1.59 bits per heavy atom. The summed E-state index contributed by atoms with van der Waals surface area (Å²) in [5, 5.41) is 11.0. The summed E-state index contributed by atoms with van der Waals surface area (Å²) >= 11 is 12.7. The van der Waals surface area contributed by atoms with Crippen LogP contribution in [-0.4, -0.2) is 64.5 Å². The van der Waals surface area contributed by atoms with E-state index >= 15 is 4.79 Å². The molecule has 0 bridgehead atoms. The lowest BCUT2D eigenvalue weighted by molar-refractivity contribution is -0.146. The van der Waals surface area contributed by atoms with Crippen LogP contribution in [-0.2, 0) is 24.6 Å². The Bertz CT molecular complexity index is 1940. The number of nitrogens with zero attached hydrogens (tertiary/aromatic N) is 2. The number of hydrogen-bond donors (Lipinski definition) is 2. The predicted molar refractivity (Wildman–Crippen MR) is 191 cm³/mol. The first kappa shape index (κ1) is 35.0. The summed E-state index contributed by atoms with van der Waals surface area (Å²) in [4.78, 5) is 59.7. The lowest BCUT2D eigenvalue weighted by Crippen LogP contribution is -2.53. The van der Waals surface area contributed by atoms with Crippen LogP contribution in [0.1, 0.15) is 50.7 Å². The van der Waals surface area contributed by atoms with Crippen LogP contribution in [0, 0.1) is 23.7 Å². The highest BCUT2D eigenvalue weighted by Gasteiger charge is 2.70. The molecular weight excluding hydrogens is 693 g/mol. The minimum atomic E-state index is -1.47. The molecule has 0 aromatic heterocycles. The maximum absolute atomic E-state index is 15.3. The zero-order valence-electron chi connectivity index (χ0n) is 28.7. The molecule has 6 atom stereocenters. The molecule has 3 fully saturated rings. The Morgan fingerprint density at radius 3 is 2.22 bits per heavy atom. The number of halogens is 2. The third kappa shape index (κ3) is 5.50. The Labute approximate surface area is 306 Å². The fraction of sp³-hybridized carbons (Fsp3) is 0.385. The number of carbonyl (C=O) groups excluding carboxylic acids is 4. The molecule has 51 heavy (non-hydrogen) atoms. The average molecular weight is 733 g/mol. The number of rotatable bonds is 8. The number of amides is 4. The SMILES string of the molecule is COc1ccc([C@@]23C(=O)N(Nc4ccc(Cl)cc4Cl)C(=O)[C@@H]2C[C@@H]2C(=CC[C@@H]4C(=O)N(C(C)(C)C)C(=O)[C@@H]42)[C@@H]3c2ccc(OCCO)cc2)cc1. The number of anilines is 1. The number of imide groups is 2. The predicted octanol–water partition coefficient (Wildman–Crippen LogP) is 6.16. The number of fused-ring (bicyclic) bond motifs is 4. The first-order valence-electron chi connectivity index (χ1n) is 17.0. The highest BCUT2D eigenvalue weighted by atomic mass is 35.5. The van der Waals surface area contributed by atoms with E-state index in [-0.39, 0.29) is 36.5 Å².